The molecule has 0 bridgehead atoms. The zero-order chi connectivity index (χ0) is 23.1. The molecule has 5 rings (SSSR count). The van der Waals surface area contributed by atoms with E-state index in [2.05, 4.69) is 45.6 Å². The Morgan fingerprint density at radius 3 is 2.67 bits per heavy atom. The zero-order valence-electron chi connectivity index (χ0n) is 18.2. The van der Waals surface area contributed by atoms with Gasteiger partial charge in [-0.2, -0.15) is 0 Å². The third-order valence-corrected chi connectivity index (χ3v) is 7.07. The van der Waals surface area contributed by atoms with E-state index in [9.17, 15) is 8.78 Å². The number of nitrogens with zero attached hydrogens (tertiary/aromatic N) is 2. The van der Waals surface area contributed by atoms with Crippen molar-refractivity contribution in [2.24, 2.45) is 0 Å². The van der Waals surface area contributed by atoms with Crippen molar-refractivity contribution in [2.75, 3.05) is 10.5 Å². The summed E-state index contributed by atoms with van der Waals surface area (Å²) in [5.74, 6) is 0.555. The van der Waals surface area contributed by atoms with Crippen LogP contribution in [0.15, 0.2) is 48.7 Å². The Balaban J connectivity index is 1.73. The van der Waals surface area contributed by atoms with Crippen LogP contribution in [0.5, 0.6) is 11.5 Å². The van der Waals surface area contributed by atoms with Crippen LogP contribution in [0.25, 0.3) is 22.2 Å². The Morgan fingerprint density at radius 1 is 1.12 bits per heavy atom. The minimum atomic E-state index is -0.730. The highest BCUT2D eigenvalue weighted by Gasteiger charge is 2.29. The van der Waals surface area contributed by atoms with E-state index in [0.717, 1.165) is 63.8 Å². The molecule has 0 atom stereocenters. The first-order valence-electron chi connectivity index (χ1n) is 10.8. The third kappa shape index (κ3) is 4.55. The lowest BCUT2D eigenvalue weighted by molar-refractivity contribution is 0.438. The Morgan fingerprint density at radius 2 is 1.94 bits per heavy atom. The van der Waals surface area contributed by atoms with E-state index < -0.39 is 11.6 Å². The number of anilines is 1. The lowest BCUT2D eigenvalue weighted by Crippen LogP contribution is -1.99. The molecular formula is C25H22F2IN3OS. The molecule has 0 unspecified atom stereocenters. The van der Waals surface area contributed by atoms with Crippen molar-refractivity contribution in [3.8, 4) is 22.6 Å². The predicted molar refractivity (Wildman–Crippen MR) is 139 cm³/mol. The van der Waals surface area contributed by atoms with Crippen molar-refractivity contribution in [3.05, 3.63) is 71.6 Å². The first-order chi connectivity index (χ1) is 15.9. The number of hydrogen-bond acceptors (Lipinski definition) is 4. The molecular weight excluding hydrogens is 555 g/mol. The first kappa shape index (κ1) is 22.5. The molecule has 2 aromatic heterocycles. The standard InChI is InChI=1S/C25H22F2IN3OS/c1-3-33-30-22-12-20(19-10-14(2)29-25-17(19)8-9-31(25)28)24(13-18(22)15-4-5-15)32-23-7-6-16(26)11-21(23)27/h6-13,15,30H,3-5H2,1-2H3. The Kier molecular flexibility index (Phi) is 6.22. The normalized spacial score (nSPS) is 13.5. The fourth-order valence-electron chi connectivity index (χ4n) is 3.96. The molecule has 2 aromatic carbocycles. The van der Waals surface area contributed by atoms with Crippen molar-refractivity contribution in [1.29, 1.82) is 0 Å². The molecule has 1 aliphatic carbocycles. The average molecular weight is 577 g/mol. The molecule has 0 saturated heterocycles. The van der Waals surface area contributed by atoms with Crippen molar-refractivity contribution < 1.29 is 13.5 Å². The number of fused-ring (bicyclic) bond motifs is 1. The maximum absolute atomic E-state index is 14.5. The summed E-state index contributed by atoms with van der Waals surface area (Å²) in [4.78, 5) is 4.68. The number of aryl methyl sites for hydroxylation is 1. The van der Waals surface area contributed by atoms with Gasteiger partial charge in [-0.05, 0) is 73.2 Å². The lowest BCUT2D eigenvalue weighted by atomic mass is 9.97. The van der Waals surface area contributed by atoms with Gasteiger partial charge in [-0.15, -0.1) is 0 Å². The van der Waals surface area contributed by atoms with Crippen LogP contribution in [0.1, 0.15) is 36.9 Å². The second-order valence-electron chi connectivity index (χ2n) is 8.10. The molecule has 1 fully saturated rings. The van der Waals surface area contributed by atoms with Gasteiger partial charge >= 0.3 is 0 Å². The Labute approximate surface area is 209 Å². The summed E-state index contributed by atoms with van der Waals surface area (Å²) < 4.78 is 39.6. The van der Waals surface area contributed by atoms with Gasteiger partial charge in [-0.3, -0.25) is 2.78 Å². The highest BCUT2D eigenvalue weighted by Crippen LogP contribution is 2.49. The highest BCUT2D eigenvalue weighted by atomic mass is 127. The van der Waals surface area contributed by atoms with E-state index in [1.807, 2.05) is 34.1 Å². The summed E-state index contributed by atoms with van der Waals surface area (Å²) >= 11 is 3.85. The average Bonchev–Trinajstić information content (AvgIpc) is 3.57. The van der Waals surface area contributed by atoms with Crippen molar-refractivity contribution in [1.82, 2.24) is 7.76 Å². The summed E-state index contributed by atoms with van der Waals surface area (Å²) in [6, 6.07) is 11.5. The number of halogens is 3. The van der Waals surface area contributed by atoms with E-state index >= 15 is 0 Å². The van der Waals surface area contributed by atoms with Gasteiger partial charge in [0.25, 0.3) is 0 Å². The molecule has 8 heteroatoms. The smallest absolute Gasteiger partial charge is 0.168 e. The van der Waals surface area contributed by atoms with Crippen LogP contribution in [0.2, 0.25) is 0 Å². The van der Waals surface area contributed by atoms with Crippen LogP contribution in [0.4, 0.5) is 14.5 Å². The van der Waals surface area contributed by atoms with E-state index in [1.54, 1.807) is 11.9 Å². The van der Waals surface area contributed by atoms with E-state index in [4.69, 9.17) is 4.74 Å². The van der Waals surface area contributed by atoms with Crippen molar-refractivity contribution in [2.45, 2.75) is 32.6 Å². The van der Waals surface area contributed by atoms with Crippen molar-refractivity contribution in [3.63, 3.8) is 0 Å². The molecule has 1 saturated carbocycles. The number of rotatable bonds is 7. The van der Waals surface area contributed by atoms with Gasteiger partial charge in [0.05, 0.1) is 22.9 Å². The summed E-state index contributed by atoms with van der Waals surface area (Å²) in [5, 5.41) is 0.979. The lowest BCUT2D eigenvalue weighted by Gasteiger charge is -2.19. The Hall–Kier alpha value is -2.33. The predicted octanol–water partition coefficient (Wildman–Crippen LogP) is 8.24. The molecule has 170 valence electrons. The number of aromatic nitrogens is 2. The van der Waals surface area contributed by atoms with E-state index in [1.165, 1.54) is 12.1 Å². The molecule has 0 spiro atoms. The van der Waals surface area contributed by atoms with E-state index in [-0.39, 0.29) is 5.75 Å². The van der Waals surface area contributed by atoms with Gasteiger partial charge < -0.3 is 9.46 Å². The molecule has 1 N–H and O–H groups in total. The van der Waals surface area contributed by atoms with Crippen LogP contribution in [-0.2, 0) is 0 Å². The summed E-state index contributed by atoms with van der Waals surface area (Å²) in [6.07, 6.45) is 4.20. The van der Waals surface area contributed by atoms with E-state index in [0.29, 0.717) is 11.7 Å². The molecule has 0 aliphatic heterocycles. The summed E-state index contributed by atoms with van der Waals surface area (Å²) in [7, 11) is 0. The van der Waals surface area contributed by atoms with Gasteiger partial charge in [-0.25, -0.2) is 13.8 Å². The molecule has 4 nitrogen and oxygen atoms in total. The number of nitrogens with one attached hydrogen (secondary N) is 1. The number of benzene rings is 2. The molecule has 0 radical (unpaired) electrons. The highest BCUT2D eigenvalue weighted by molar-refractivity contribution is 14.1. The number of hydrogen-bond donors (Lipinski definition) is 1. The molecule has 1 aliphatic rings. The van der Waals surface area contributed by atoms with Crippen LogP contribution in [0, 0.1) is 18.6 Å². The number of pyridine rings is 1. The van der Waals surface area contributed by atoms with Gasteiger partial charge in [0.15, 0.2) is 11.6 Å². The van der Waals surface area contributed by atoms with Gasteiger partial charge in [-0.1, -0.05) is 18.9 Å². The minimum absolute atomic E-state index is 0.00322. The largest absolute Gasteiger partial charge is 0.454 e. The van der Waals surface area contributed by atoms with Gasteiger partial charge in [0, 0.05) is 40.3 Å². The fourth-order valence-corrected chi connectivity index (χ4v) is 4.97. The topological polar surface area (TPSA) is 39.1 Å². The van der Waals surface area contributed by atoms with Crippen LogP contribution in [0.3, 0.4) is 0 Å². The maximum atomic E-state index is 14.5. The minimum Gasteiger partial charge on any atom is -0.454 e. The summed E-state index contributed by atoms with van der Waals surface area (Å²) in [6.45, 7) is 4.06. The molecule has 0 amide bonds. The SMILES string of the molecule is CCSNc1cc(-c2cc(C)nc3c2ccn3I)c(Oc2ccc(F)cc2F)cc1C1CC1. The van der Waals surface area contributed by atoms with Crippen LogP contribution in [-0.4, -0.2) is 13.5 Å². The molecule has 4 aromatic rings. The monoisotopic (exact) mass is 577 g/mol. The van der Waals surface area contributed by atoms with Gasteiger partial charge in [0.2, 0.25) is 0 Å². The number of ether oxygens (including phenoxy) is 1. The van der Waals surface area contributed by atoms with Crippen LogP contribution >= 0.6 is 34.8 Å². The Bertz CT molecular complexity index is 1350. The van der Waals surface area contributed by atoms with Gasteiger partial charge in [0.1, 0.15) is 17.2 Å². The van der Waals surface area contributed by atoms with Crippen LogP contribution < -0.4 is 9.46 Å². The summed E-state index contributed by atoms with van der Waals surface area (Å²) in [5.41, 5.74) is 5.72. The zero-order valence-corrected chi connectivity index (χ0v) is 21.1. The quantitative estimate of drug-likeness (QED) is 0.177. The first-order valence-corrected chi connectivity index (χ1v) is 12.7. The second kappa shape index (κ2) is 9.13. The molecule has 2 heterocycles. The third-order valence-electron chi connectivity index (χ3n) is 5.64. The maximum Gasteiger partial charge on any atom is 0.168 e. The second-order valence-corrected chi connectivity index (χ2v) is 10.2. The fraction of sp³-hybridized carbons (Fsp3) is 0.240. The van der Waals surface area contributed by atoms with Crippen molar-refractivity contribution >= 4 is 51.5 Å². The molecule has 33 heavy (non-hydrogen) atoms.